The van der Waals surface area contributed by atoms with Crippen LogP contribution in [-0.4, -0.2) is 18.6 Å². The lowest BCUT2D eigenvalue weighted by Crippen LogP contribution is -2.09. The van der Waals surface area contributed by atoms with E-state index >= 15 is 0 Å². The number of hydrogen-bond donors (Lipinski definition) is 0. The minimum atomic E-state index is -3.39. The zero-order valence-electron chi connectivity index (χ0n) is 12.1. The summed E-state index contributed by atoms with van der Waals surface area (Å²) in [6, 6.07) is 5.39. The number of rotatable bonds is 5. The van der Waals surface area contributed by atoms with Crippen molar-refractivity contribution in [3.05, 3.63) is 46.5 Å². The van der Waals surface area contributed by atoms with Gasteiger partial charge in [-0.15, -0.1) is 11.3 Å². The molecule has 0 saturated carbocycles. The molecule has 0 aliphatic heterocycles. The average Bonchev–Trinajstić information content (AvgIpc) is 3.12. The van der Waals surface area contributed by atoms with E-state index in [-0.39, 0.29) is 11.5 Å². The van der Waals surface area contributed by atoms with E-state index < -0.39 is 9.84 Å². The van der Waals surface area contributed by atoms with Gasteiger partial charge < -0.3 is 8.94 Å². The maximum absolute atomic E-state index is 12.3. The zero-order chi connectivity index (χ0) is 15.7. The highest BCUT2D eigenvalue weighted by molar-refractivity contribution is 7.89. The van der Waals surface area contributed by atoms with Crippen LogP contribution in [0.3, 0.4) is 0 Å². The van der Waals surface area contributed by atoms with Crippen LogP contribution in [0.1, 0.15) is 22.9 Å². The van der Waals surface area contributed by atoms with Gasteiger partial charge in [-0.1, -0.05) is 11.2 Å². The van der Waals surface area contributed by atoms with E-state index in [1.807, 2.05) is 17.5 Å². The molecular formula is C14H14N2O4S2. The van der Waals surface area contributed by atoms with E-state index in [0.717, 1.165) is 4.88 Å². The molecule has 3 aromatic rings. The fraction of sp³-hybridized carbons (Fsp3) is 0.286. The van der Waals surface area contributed by atoms with Crippen LogP contribution >= 0.6 is 11.3 Å². The predicted octanol–water partition coefficient (Wildman–Crippen LogP) is 3.12. The Kier molecular flexibility index (Phi) is 3.88. The van der Waals surface area contributed by atoms with Gasteiger partial charge in [-0.3, -0.25) is 0 Å². The molecule has 0 amide bonds. The Labute approximate surface area is 131 Å². The second-order valence-electron chi connectivity index (χ2n) is 4.96. The van der Waals surface area contributed by atoms with Gasteiger partial charge in [-0.05, 0) is 25.3 Å². The third kappa shape index (κ3) is 3.28. The largest absolute Gasteiger partial charge is 0.440 e. The molecule has 0 aliphatic rings. The topological polar surface area (TPSA) is 86.2 Å². The molecule has 0 radical (unpaired) electrons. The Balaban J connectivity index is 1.80. The number of aromatic nitrogens is 2. The summed E-state index contributed by atoms with van der Waals surface area (Å²) >= 11 is 1.49. The molecule has 0 spiro atoms. The van der Waals surface area contributed by atoms with Crippen molar-refractivity contribution in [3.63, 3.8) is 0 Å². The summed E-state index contributed by atoms with van der Waals surface area (Å²) in [6.07, 6.45) is 0. The van der Waals surface area contributed by atoms with Gasteiger partial charge in [0, 0.05) is 6.07 Å². The maximum atomic E-state index is 12.3. The number of aryl methyl sites for hydroxylation is 2. The van der Waals surface area contributed by atoms with Crippen LogP contribution in [-0.2, 0) is 21.3 Å². The normalized spacial score (nSPS) is 11.9. The van der Waals surface area contributed by atoms with Crippen molar-refractivity contribution in [3.8, 4) is 10.8 Å². The van der Waals surface area contributed by atoms with Gasteiger partial charge in [0.1, 0.15) is 11.5 Å². The van der Waals surface area contributed by atoms with Gasteiger partial charge in [-0.25, -0.2) is 13.4 Å². The lowest BCUT2D eigenvalue weighted by molar-refractivity contribution is 0.392. The molecule has 116 valence electrons. The molecule has 0 unspecified atom stereocenters. The van der Waals surface area contributed by atoms with Crippen molar-refractivity contribution in [2.45, 2.75) is 25.4 Å². The molecule has 0 atom stereocenters. The molecule has 3 aromatic heterocycles. The van der Waals surface area contributed by atoms with Gasteiger partial charge >= 0.3 is 0 Å². The summed E-state index contributed by atoms with van der Waals surface area (Å²) in [4.78, 5) is 5.18. The summed E-state index contributed by atoms with van der Waals surface area (Å²) in [5, 5.41) is 5.63. The third-order valence-electron chi connectivity index (χ3n) is 3.03. The maximum Gasteiger partial charge on any atom is 0.236 e. The van der Waals surface area contributed by atoms with Crippen molar-refractivity contribution in [2.75, 3.05) is 0 Å². The minimum absolute atomic E-state index is 0.176. The zero-order valence-corrected chi connectivity index (χ0v) is 13.7. The van der Waals surface area contributed by atoms with Crippen LogP contribution in [0.15, 0.2) is 32.5 Å². The van der Waals surface area contributed by atoms with Gasteiger partial charge in [0.2, 0.25) is 5.89 Å². The first-order chi connectivity index (χ1) is 10.4. The van der Waals surface area contributed by atoms with E-state index in [1.165, 1.54) is 11.3 Å². The van der Waals surface area contributed by atoms with E-state index in [1.54, 1.807) is 19.9 Å². The second-order valence-corrected chi connectivity index (χ2v) is 7.97. The van der Waals surface area contributed by atoms with Gasteiger partial charge in [0.25, 0.3) is 0 Å². The Morgan fingerprint density at radius 3 is 2.73 bits per heavy atom. The smallest absolute Gasteiger partial charge is 0.236 e. The van der Waals surface area contributed by atoms with E-state index in [2.05, 4.69) is 10.1 Å². The number of hydrogen-bond acceptors (Lipinski definition) is 7. The SMILES string of the molecule is Cc1cc(CS(=O)(=O)Cc2nc(-c3cccs3)oc2C)no1. The highest BCUT2D eigenvalue weighted by Gasteiger charge is 2.21. The Morgan fingerprint density at radius 2 is 2.09 bits per heavy atom. The van der Waals surface area contributed by atoms with Gasteiger partial charge in [-0.2, -0.15) is 0 Å². The third-order valence-corrected chi connectivity index (χ3v) is 5.33. The van der Waals surface area contributed by atoms with Crippen LogP contribution in [0.2, 0.25) is 0 Å². The van der Waals surface area contributed by atoms with Crippen molar-refractivity contribution < 1.29 is 17.4 Å². The van der Waals surface area contributed by atoms with Crippen LogP contribution in [0.25, 0.3) is 10.8 Å². The molecule has 22 heavy (non-hydrogen) atoms. The molecule has 8 heteroatoms. The quantitative estimate of drug-likeness (QED) is 0.710. The summed E-state index contributed by atoms with van der Waals surface area (Å²) in [7, 11) is -3.39. The van der Waals surface area contributed by atoms with Crippen molar-refractivity contribution in [1.82, 2.24) is 10.1 Å². The van der Waals surface area contributed by atoms with Gasteiger partial charge in [0.15, 0.2) is 9.84 Å². The monoisotopic (exact) mass is 338 g/mol. The molecular weight excluding hydrogens is 324 g/mol. The van der Waals surface area contributed by atoms with Crippen LogP contribution in [0.5, 0.6) is 0 Å². The molecule has 6 nitrogen and oxygen atoms in total. The first-order valence-electron chi connectivity index (χ1n) is 6.56. The number of sulfone groups is 1. The lowest BCUT2D eigenvalue weighted by atomic mass is 10.4. The minimum Gasteiger partial charge on any atom is -0.440 e. The summed E-state index contributed by atoms with van der Waals surface area (Å²) in [5.41, 5.74) is 0.834. The standard InChI is InChI=1S/C14H14N2O4S2/c1-9-6-11(16-20-9)7-22(17,18)8-12-10(2)19-14(15-12)13-4-3-5-21-13/h3-6H,7-8H2,1-2H3. The van der Waals surface area contributed by atoms with Crippen LogP contribution in [0.4, 0.5) is 0 Å². The highest BCUT2D eigenvalue weighted by atomic mass is 32.2. The average molecular weight is 338 g/mol. The Bertz CT molecular complexity index is 876. The fourth-order valence-electron chi connectivity index (χ4n) is 2.04. The predicted molar refractivity (Wildman–Crippen MR) is 82.1 cm³/mol. The van der Waals surface area contributed by atoms with Gasteiger partial charge in [0.05, 0.1) is 27.8 Å². The molecule has 0 bridgehead atoms. The number of thiophene rings is 1. The molecule has 0 saturated heterocycles. The van der Waals surface area contributed by atoms with Crippen molar-refractivity contribution >= 4 is 21.2 Å². The van der Waals surface area contributed by atoms with Crippen molar-refractivity contribution in [2.24, 2.45) is 0 Å². The van der Waals surface area contributed by atoms with E-state index in [0.29, 0.717) is 28.8 Å². The number of nitrogens with zero attached hydrogens (tertiary/aromatic N) is 2. The lowest BCUT2D eigenvalue weighted by Gasteiger charge is -1.99. The first-order valence-corrected chi connectivity index (χ1v) is 9.26. The van der Waals surface area contributed by atoms with E-state index in [4.69, 9.17) is 8.94 Å². The summed E-state index contributed by atoms with van der Waals surface area (Å²) in [6.45, 7) is 3.44. The summed E-state index contributed by atoms with van der Waals surface area (Å²) < 4.78 is 35.0. The highest BCUT2D eigenvalue weighted by Crippen LogP contribution is 2.27. The van der Waals surface area contributed by atoms with Crippen LogP contribution < -0.4 is 0 Å². The Morgan fingerprint density at radius 1 is 1.27 bits per heavy atom. The molecule has 3 heterocycles. The molecule has 0 aliphatic carbocycles. The molecule has 3 rings (SSSR count). The molecule has 0 N–H and O–H groups in total. The van der Waals surface area contributed by atoms with Crippen molar-refractivity contribution in [1.29, 1.82) is 0 Å². The second kappa shape index (κ2) is 5.69. The van der Waals surface area contributed by atoms with Crippen LogP contribution in [0, 0.1) is 13.8 Å². The van der Waals surface area contributed by atoms with E-state index in [9.17, 15) is 8.42 Å². The number of oxazole rings is 1. The Hall–Kier alpha value is -1.93. The summed E-state index contributed by atoms with van der Waals surface area (Å²) in [5.74, 6) is 1.20. The molecule has 0 fully saturated rings. The first kappa shape index (κ1) is 15.0. The fourth-order valence-corrected chi connectivity index (χ4v) is 4.06. The molecule has 0 aromatic carbocycles.